The Morgan fingerprint density at radius 1 is 1.57 bits per heavy atom. The van der Waals surface area contributed by atoms with Crippen molar-refractivity contribution in [2.45, 2.75) is 20.0 Å². The molecule has 0 aromatic carbocycles. The lowest BCUT2D eigenvalue weighted by Crippen LogP contribution is -2.02. The van der Waals surface area contributed by atoms with E-state index < -0.39 is 0 Å². The molecule has 0 aliphatic carbocycles. The SMILES string of the molecule is CCn1ncnc1-c1ccoc1CN. The Morgan fingerprint density at radius 2 is 2.43 bits per heavy atom. The van der Waals surface area contributed by atoms with Gasteiger partial charge in [0.15, 0.2) is 5.82 Å². The van der Waals surface area contributed by atoms with E-state index in [0.29, 0.717) is 6.54 Å². The van der Waals surface area contributed by atoms with Crippen LogP contribution in [0.25, 0.3) is 11.4 Å². The largest absolute Gasteiger partial charge is 0.467 e. The Kier molecular flexibility index (Phi) is 2.32. The molecule has 0 bridgehead atoms. The summed E-state index contributed by atoms with van der Waals surface area (Å²) in [7, 11) is 0. The normalized spacial score (nSPS) is 10.7. The van der Waals surface area contributed by atoms with E-state index in [2.05, 4.69) is 10.1 Å². The number of aryl methyl sites for hydroxylation is 1. The van der Waals surface area contributed by atoms with Gasteiger partial charge < -0.3 is 10.2 Å². The minimum Gasteiger partial charge on any atom is -0.467 e. The number of furan rings is 1. The van der Waals surface area contributed by atoms with E-state index in [4.69, 9.17) is 10.2 Å². The fraction of sp³-hybridized carbons (Fsp3) is 0.333. The molecular weight excluding hydrogens is 180 g/mol. The number of hydrogen-bond acceptors (Lipinski definition) is 4. The highest BCUT2D eigenvalue weighted by molar-refractivity contribution is 5.57. The summed E-state index contributed by atoms with van der Waals surface area (Å²) in [6.07, 6.45) is 3.15. The number of rotatable bonds is 3. The molecule has 0 radical (unpaired) electrons. The molecule has 0 aliphatic rings. The minimum atomic E-state index is 0.374. The first-order valence-electron chi connectivity index (χ1n) is 4.51. The zero-order valence-corrected chi connectivity index (χ0v) is 7.97. The van der Waals surface area contributed by atoms with Crippen LogP contribution in [0.4, 0.5) is 0 Å². The lowest BCUT2D eigenvalue weighted by Gasteiger charge is -2.01. The first-order valence-corrected chi connectivity index (χ1v) is 4.51. The summed E-state index contributed by atoms with van der Waals surface area (Å²) < 4.78 is 7.04. The quantitative estimate of drug-likeness (QED) is 0.788. The van der Waals surface area contributed by atoms with E-state index in [9.17, 15) is 0 Å². The highest BCUT2D eigenvalue weighted by Crippen LogP contribution is 2.21. The maximum atomic E-state index is 5.54. The van der Waals surface area contributed by atoms with Crippen LogP contribution in [-0.4, -0.2) is 14.8 Å². The Morgan fingerprint density at radius 3 is 3.14 bits per heavy atom. The van der Waals surface area contributed by atoms with E-state index in [1.807, 2.05) is 17.7 Å². The lowest BCUT2D eigenvalue weighted by atomic mass is 10.2. The Balaban J connectivity index is 2.48. The average molecular weight is 192 g/mol. The maximum absolute atomic E-state index is 5.54. The standard InChI is InChI=1S/C9H12N4O/c1-2-13-9(11-6-12-13)7-3-4-14-8(7)5-10/h3-4,6H,2,5,10H2,1H3. The van der Waals surface area contributed by atoms with Gasteiger partial charge in [-0.05, 0) is 13.0 Å². The van der Waals surface area contributed by atoms with Crippen LogP contribution in [0.5, 0.6) is 0 Å². The third kappa shape index (κ3) is 1.31. The second-order valence-corrected chi connectivity index (χ2v) is 2.86. The fourth-order valence-corrected chi connectivity index (χ4v) is 1.40. The van der Waals surface area contributed by atoms with Gasteiger partial charge in [0.25, 0.3) is 0 Å². The monoisotopic (exact) mass is 192 g/mol. The highest BCUT2D eigenvalue weighted by atomic mass is 16.3. The average Bonchev–Trinajstić information content (AvgIpc) is 2.85. The Bertz CT molecular complexity index is 378. The fourth-order valence-electron chi connectivity index (χ4n) is 1.40. The molecule has 2 heterocycles. The summed E-state index contributed by atoms with van der Waals surface area (Å²) in [5, 5.41) is 4.09. The molecular formula is C9H12N4O. The molecule has 74 valence electrons. The predicted octanol–water partition coefficient (Wildman–Crippen LogP) is 1.02. The van der Waals surface area contributed by atoms with E-state index >= 15 is 0 Å². The molecule has 0 atom stereocenters. The summed E-state index contributed by atoms with van der Waals surface area (Å²) >= 11 is 0. The molecule has 0 spiro atoms. The topological polar surface area (TPSA) is 69.9 Å². The third-order valence-electron chi connectivity index (χ3n) is 2.09. The van der Waals surface area contributed by atoms with Crippen molar-refractivity contribution in [3.05, 3.63) is 24.4 Å². The van der Waals surface area contributed by atoms with Crippen LogP contribution >= 0.6 is 0 Å². The molecule has 14 heavy (non-hydrogen) atoms. The second-order valence-electron chi connectivity index (χ2n) is 2.86. The molecule has 2 aromatic heterocycles. The van der Waals surface area contributed by atoms with E-state index in [-0.39, 0.29) is 0 Å². The summed E-state index contributed by atoms with van der Waals surface area (Å²) in [4.78, 5) is 4.17. The molecule has 2 rings (SSSR count). The molecule has 5 nitrogen and oxygen atoms in total. The van der Waals surface area contributed by atoms with E-state index in [0.717, 1.165) is 23.7 Å². The molecule has 2 aromatic rings. The highest BCUT2D eigenvalue weighted by Gasteiger charge is 2.12. The lowest BCUT2D eigenvalue weighted by molar-refractivity contribution is 0.512. The van der Waals surface area contributed by atoms with Crippen molar-refractivity contribution in [3.63, 3.8) is 0 Å². The number of nitrogens with two attached hydrogens (primary N) is 1. The van der Waals surface area contributed by atoms with Crippen molar-refractivity contribution < 1.29 is 4.42 Å². The first kappa shape index (κ1) is 8.96. The molecule has 0 unspecified atom stereocenters. The van der Waals surface area contributed by atoms with Gasteiger partial charge in [-0.15, -0.1) is 0 Å². The van der Waals surface area contributed by atoms with Crippen molar-refractivity contribution in [1.29, 1.82) is 0 Å². The van der Waals surface area contributed by atoms with Gasteiger partial charge in [-0.25, -0.2) is 9.67 Å². The molecule has 0 amide bonds. The molecule has 0 saturated heterocycles. The number of nitrogens with zero attached hydrogens (tertiary/aromatic N) is 3. The van der Waals surface area contributed by atoms with Crippen molar-refractivity contribution in [2.24, 2.45) is 5.73 Å². The zero-order valence-electron chi connectivity index (χ0n) is 7.97. The van der Waals surface area contributed by atoms with Crippen LogP contribution in [0.2, 0.25) is 0 Å². The van der Waals surface area contributed by atoms with Crippen LogP contribution in [0.3, 0.4) is 0 Å². The van der Waals surface area contributed by atoms with Gasteiger partial charge in [-0.3, -0.25) is 0 Å². The maximum Gasteiger partial charge on any atom is 0.161 e. The van der Waals surface area contributed by atoms with Crippen LogP contribution in [0.15, 0.2) is 23.1 Å². The second kappa shape index (κ2) is 3.63. The van der Waals surface area contributed by atoms with E-state index in [1.54, 1.807) is 6.26 Å². The number of aromatic nitrogens is 3. The van der Waals surface area contributed by atoms with E-state index in [1.165, 1.54) is 6.33 Å². The van der Waals surface area contributed by atoms with Gasteiger partial charge in [-0.2, -0.15) is 5.10 Å². The van der Waals surface area contributed by atoms with Crippen LogP contribution in [0.1, 0.15) is 12.7 Å². The van der Waals surface area contributed by atoms with Crippen molar-refractivity contribution in [3.8, 4) is 11.4 Å². The van der Waals surface area contributed by atoms with Crippen LogP contribution in [-0.2, 0) is 13.1 Å². The van der Waals surface area contributed by atoms with Gasteiger partial charge in [-0.1, -0.05) is 0 Å². The summed E-state index contributed by atoms with van der Waals surface area (Å²) in [6, 6.07) is 1.86. The molecule has 5 heteroatoms. The van der Waals surface area contributed by atoms with Gasteiger partial charge in [0.2, 0.25) is 0 Å². The third-order valence-corrected chi connectivity index (χ3v) is 2.09. The summed E-state index contributed by atoms with van der Waals surface area (Å²) in [6.45, 7) is 3.17. The van der Waals surface area contributed by atoms with Crippen molar-refractivity contribution >= 4 is 0 Å². The summed E-state index contributed by atoms with van der Waals surface area (Å²) in [5.74, 6) is 1.55. The smallest absolute Gasteiger partial charge is 0.161 e. The predicted molar refractivity (Wildman–Crippen MR) is 51.3 cm³/mol. The van der Waals surface area contributed by atoms with Crippen molar-refractivity contribution in [1.82, 2.24) is 14.8 Å². The van der Waals surface area contributed by atoms with Crippen molar-refractivity contribution in [2.75, 3.05) is 0 Å². The van der Waals surface area contributed by atoms with Crippen LogP contribution in [0, 0.1) is 0 Å². The zero-order chi connectivity index (χ0) is 9.97. The van der Waals surface area contributed by atoms with Gasteiger partial charge >= 0.3 is 0 Å². The molecule has 2 N–H and O–H groups in total. The Hall–Kier alpha value is -1.62. The first-order chi connectivity index (χ1) is 6.86. The van der Waals surface area contributed by atoms with Gasteiger partial charge in [0.05, 0.1) is 18.4 Å². The van der Waals surface area contributed by atoms with Gasteiger partial charge in [0.1, 0.15) is 12.1 Å². The Labute approximate surface area is 81.5 Å². The van der Waals surface area contributed by atoms with Crippen LogP contribution < -0.4 is 5.73 Å². The molecule has 0 aliphatic heterocycles. The minimum absolute atomic E-state index is 0.374. The number of hydrogen-bond donors (Lipinski definition) is 1. The molecule has 0 saturated carbocycles. The van der Waals surface area contributed by atoms with Gasteiger partial charge in [0, 0.05) is 6.54 Å². The summed E-state index contributed by atoms with van der Waals surface area (Å²) in [5.41, 5.74) is 6.46. The molecule has 0 fully saturated rings.